The molecule has 3 rings (SSSR count). The molecule has 1 heterocycles. The molecule has 0 radical (unpaired) electrons. The van der Waals surface area contributed by atoms with Crippen molar-refractivity contribution in [3.8, 4) is 0 Å². The van der Waals surface area contributed by atoms with Gasteiger partial charge in [-0.3, -0.25) is 4.79 Å². The Hall–Kier alpha value is -2.32. The summed E-state index contributed by atoms with van der Waals surface area (Å²) in [5.74, 6) is 0.159. The van der Waals surface area contributed by atoms with Gasteiger partial charge in [0, 0.05) is 19.2 Å². The van der Waals surface area contributed by atoms with Gasteiger partial charge in [0.15, 0.2) is 0 Å². The Morgan fingerprint density at radius 2 is 1.90 bits per heavy atom. The molecule has 0 aliphatic heterocycles. The van der Waals surface area contributed by atoms with Gasteiger partial charge in [-0.2, -0.15) is 0 Å². The molecule has 1 amide bonds. The second kappa shape index (κ2) is 9.22. The molecule has 1 N–H and O–H groups in total. The molecule has 0 aliphatic rings. The number of rotatable bonds is 7. The maximum atomic E-state index is 13.0. The van der Waals surface area contributed by atoms with E-state index in [1.807, 2.05) is 0 Å². The average Bonchev–Trinajstić information content (AvgIpc) is 3.23. The second-order valence-electron chi connectivity index (χ2n) is 6.75. The molecule has 0 saturated carbocycles. The number of carbonyl (C=O) groups is 1. The monoisotopic (exact) mass is 466 g/mol. The van der Waals surface area contributed by atoms with Crippen molar-refractivity contribution < 1.29 is 17.6 Å². The number of benzene rings is 2. The van der Waals surface area contributed by atoms with Crippen LogP contribution in [0.15, 0.2) is 64.1 Å². The Morgan fingerprint density at radius 1 is 1.13 bits per heavy atom. The summed E-state index contributed by atoms with van der Waals surface area (Å²) in [7, 11) is -2.20. The van der Waals surface area contributed by atoms with Gasteiger partial charge in [-0.15, -0.1) is 0 Å². The highest BCUT2D eigenvalue weighted by atomic mass is 35.5. The summed E-state index contributed by atoms with van der Waals surface area (Å²) >= 11 is 12.3. The third-order valence-electron chi connectivity index (χ3n) is 4.55. The molecule has 0 unspecified atom stereocenters. The molecule has 30 heavy (non-hydrogen) atoms. The van der Waals surface area contributed by atoms with Crippen molar-refractivity contribution >= 4 is 39.1 Å². The molecule has 0 fully saturated rings. The fourth-order valence-corrected chi connectivity index (χ4v) is 4.26. The predicted molar refractivity (Wildman–Crippen MR) is 116 cm³/mol. The average molecular weight is 467 g/mol. The van der Waals surface area contributed by atoms with Gasteiger partial charge < -0.3 is 9.32 Å². The lowest BCUT2D eigenvalue weighted by molar-refractivity contribution is 0.0784. The van der Waals surface area contributed by atoms with Crippen LogP contribution in [-0.4, -0.2) is 26.3 Å². The zero-order valence-electron chi connectivity index (χ0n) is 16.4. The van der Waals surface area contributed by atoms with Gasteiger partial charge in [-0.25, -0.2) is 13.1 Å². The number of nitrogens with zero attached hydrogens (tertiary/aromatic N) is 1. The Bertz CT molecular complexity index is 1160. The molecule has 3 aromatic rings. The van der Waals surface area contributed by atoms with Crippen molar-refractivity contribution in [3.05, 3.63) is 87.3 Å². The number of carbonyl (C=O) groups excluding carboxylic acids is 1. The first-order valence-electron chi connectivity index (χ1n) is 9.00. The topological polar surface area (TPSA) is 79.6 Å². The van der Waals surface area contributed by atoms with E-state index in [0.717, 1.165) is 0 Å². The van der Waals surface area contributed by atoms with Crippen molar-refractivity contribution in [2.24, 2.45) is 0 Å². The second-order valence-corrected chi connectivity index (χ2v) is 9.31. The Balaban J connectivity index is 1.81. The van der Waals surface area contributed by atoms with Crippen LogP contribution < -0.4 is 4.72 Å². The number of sulfonamides is 1. The normalized spacial score (nSPS) is 11.5. The lowest BCUT2D eigenvalue weighted by Crippen LogP contribution is -2.28. The van der Waals surface area contributed by atoms with Crippen LogP contribution in [0.5, 0.6) is 0 Å². The summed E-state index contributed by atoms with van der Waals surface area (Å²) in [5.41, 5.74) is 1.65. The number of halogens is 2. The lowest BCUT2D eigenvalue weighted by Gasteiger charge is -2.20. The smallest absolute Gasteiger partial charge is 0.254 e. The van der Waals surface area contributed by atoms with Gasteiger partial charge in [0.25, 0.3) is 5.91 Å². The van der Waals surface area contributed by atoms with Gasteiger partial charge in [0.1, 0.15) is 5.76 Å². The van der Waals surface area contributed by atoms with E-state index in [0.29, 0.717) is 26.9 Å². The van der Waals surface area contributed by atoms with Crippen LogP contribution >= 0.6 is 23.2 Å². The highest BCUT2D eigenvalue weighted by Crippen LogP contribution is 2.27. The van der Waals surface area contributed by atoms with Crippen molar-refractivity contribution in [1.82, 2.24) is 9.62 Å². The lowest BCUT2D eigenvalue weighted by atomic mass is 10.1. The van der Waals surface area contributed by atoms with Crippen molar-refractivity contribution in [1.29, 1.82) is 0 Å². The van der Waals surface area contributed by atoms with Crippen LogP contribution in [0.25, 0.3) is 0 Å². The fraction of sp³-hybridized carbons (Fsp3) is 0.190. The summed E-state index contributed by atoms with van der Waals surface area (Å²) in [4.78, 5) is 14.5. The van der Waals surface area contributed by atoms with Crippen LogP contribution in [0, 0.1) is 6.92 Å². The van der Waals surface area contributed by atoms with E-state index in [4.69, 9.17) is 27.6 Å². The highest BCUT2D eigenvalue weighted by molar-refractivity contribution is 7.89. The van der Waals surface area contributed by atoms with E-state index in [-0.39, 0.29) is 29.5 Å². The van der Waals surface area contributed by atoms with Crippen LogP contribution in [0.4, 0.5) is 0 Å². The van der Waals surface area contributed by atoms with E-state index in [2.05, 4.69) is 4.72 Å². The fourth-order valence-electron chi connectivity index (χ4n) is 2.86. The van der Waals surface area contributed by atoms with Crippen LogP contribution in [0.3, 0.4) is 0 Å². The minimum absolute atomic E-state index is 0.00260. The zero-order valence-corrected chi connectivity index (χ0v) is 18.7. The van der Waals surface area contributed by atoms with E-state index in [1.165, 1.54) is 23.3 Å². The highest BCUT2D eigenvalue weighted by Gasteiger charge is 2.21. The third kappa shape index (κ3) is 5.05. The summed E-state index contributed by atoms with van der Waals surface area (Å²) in [6, 6.07) is 13.0. The molecule has 0 spiro atoms. The summed E-state index contributed by atoms with van der Waals surface area (Å²) in [6.07, 6.45) is 1.47. The molecule has 1 aromatic heterocycles. The van der Waals surface area contributed by atoms with E-state index in [1.54, 1.807) is 50.4 Å². The number of amides is 1. The summed E-state index contributed by atoms with van der Waals surface area (Å²) < 4.78 is 32.9. The molecule has 6 nitrogen and oxygen atoms in total. The summed E-state index contributed by atoms with van der Waals surface area (Å²) in [6.45, 7) is 1.99. The Labute approximate surface area is 185 Å². The number of furan rings is 1. The first-order valence-corrected chi connectivity index (χ1v) is 11.2. The number of hydrogen-bond acceptors (Lipinski definition) is 4. The van der Waals surface area contributed by atoms with Crippen molar-refractivity contribution in [2.45, 2.75) is 24.9 Å². The maximum Gasteiger partial charge on any atom is 0.254 e. The van der Waals surface area contributed by atoms with Crippen LogP contribution in [-0.2, 0) is 23.1 Å². The third-order valence-corrected chi connectivity index (χ3v) is 6.81. The molecule has 0 bridgehead atoms. The van der Waals surface area contributed by atoms with E-state index >= 15 is 0 Å². The van der Waals surface area contributed by atoms with Gasteiger partial charge in [0.2, 0.25) is 10.0 Å². The van der Waals surface area contributed by atoms with E-state index in [9.17, 15) is 13.2 Å². The minimum atomic E-state index is -3.83. The molecule has 0 saturated heterocycles. The SMILES string of the molecule is Cc1ccc(S(=O)(=O)NCc2ccco2)cc1C(=O)N(C)Cc1cccc(Cl)c1Cl. The Morgan fingerprint density at radius 3 is 2.60 bits per heavy atom. The predicted octanol–water partition coefficient (Wildman–Crippen LogP) is 4.65. The minimum Gasteiger partial charge on any atom is -0.468 e. The maximum absolute atomic E-state index is 13.0. The van der Waals surface area contributed by atoms with Gasteiger partial charge in [-0.05, 0) is 48.4 Å². The van der Waals surface area contributed by atoms with Gasteiger partial charge >= 0.3 is 0 Å². The molecular weight excluding hydrogens is 447 g/mol. The van der Waals surface area contributed by atoms with Gasteiger partial charge in [-0.1, -0.05) is 41.4 Å². The van der Waals surface area contributed by atoms with E-state index < -0.39 is 10.0 Å². The number of nitrogens with one attached hydrogen (secondary N) is 1. The molecule has 0 aliphatic carbocycles. The standard InChI is InChI=1S/C21H20Cl2N2O4S/c1-14-8-9-17(30(27,28)24-12-16-6-4-10-29-16)11-18(14)21(26)25(2)13-15-5-3-7-19(22)20(15)23/h3-11,24H,12-13H2,1-2H3. The quantitative estimate of drug-likeness (QED) is 0.549. The summed E-state index contributed by atoms with van der Waals surface area (Å²) in [5, 5.41) is 0.788. The van der Waals surface area contributed by atoms with Crippen molar-refractivity contribution in [2.75, 3.05) is 7.05 Å². The molecule has 158 valence electrons. The largest absolute Gasteiger partial charge is 0.468 e. The first-order chi connectivity index (χ1) is 14.2. The van der Waals surface area contributed by atoms with Crippen LogP contribution in [0.2, 0.25) is 10.0 Å². The number of hydrogen-bond donors (Lipinski definition) is 1. The molecular formula is C21H20Cl2N2O4S. The van der Waals surface area contributed by atoms with Crippen LogP contribution in [0.1, 0.15) is 27.2 Å². The number of aryl methyl sites for hydroxylation is 1. The molecule has 0 atom stereocenters. The first kappa shape index (κ1) is 22.4. The Kier molecular flexibility index (Phi) is 6.88. The molecule has 9 heteroatoms. The molecule has 2 aromatic carbocycles. The van der Waals surface area contributed by atoms with Crippen molar-refractivity contribution in [3.63, 3.8) is 0 Å². The van der Waals surface area contributed by atoms with Gasteiger partial charge in [0.05, 0.1) is 27.7 Å². The zero-order chi connectivity index (χ0) is 21.9.